The van der Waals surface area contributed by atoms with E-state index in [1.807, 2.05) is 12.1 Å². The van der Waals surface area contributed by atoms with Gasteiger partial charge in [-0.05, 0) is 34.4 Å². The molecule has 0 radical (unpaired) electrons. The van der Waals surface area contributed by atoms with Crippen LogP contribution >= 0.6 is 0 Å². The van der Waals surface area contributed by atoms with Crippen LogP contribution in [0.2, 0.25) is 0 Å². The molecular formula is C38H41N5O7. The van der Waals surface area contributed by atoms with Gasteiger partial charge in [0, 0.05) is 25.7 Å². The second-order valence-corrected chi connectivity index (χ2v) is 11.8. The molecule has 260 valence electrons. The van der Waals surface area contributed by atoms with Crippen LogP contribution in [0, 0.1) is 0 Å². The van der Waals surface area contributed by atoms with E-state index >= 15 is 0 Å². The van der Waals surface area contributed by atoms with Gasteiger partial charge in [-0.3, -0.25) is 19.2 Å². The Morgan fingerprint density at radius 1 is 0.480 bits per heavy atom. The smallest absolute Gasteiger partial charge is 0.326 e. The first-order chi connectivity index (χ1) is 24.1. The molecule has 12 nitrogen and oxygen atoms in total. The van der Waals surface area contributed by atoms with Crippen molar-refractivity contribution in [2.75, 3.05) is 6.54 Å². The number of carbonyl (C=O) groups is 5. The van der Waals surface area contributed by atoms with Gasteiger partial charge in [0.15, 0.2) is 0 Å². The molecule has 4 amide bonds. The number of phenols is 1. The molecule has 0 saturated carbocycles. The van der Waals surface area contributed by atoms with Gasteiger partial charge >= 0.3 is 5.97 Å². The highest BCUT2D eigenvalue weighted by molar-refractivity contribution is 5.95. The molecule has 0 aliphatic rings. The molecule has 0 saturated heterocycles. The molecule has 4 rings (SSSR count). The number of benzene rings is 4. The van der Waals surface area contributed by atoms with Crippen LogP contribution in [0.15, 0.2) is 115 Å². The van der Waals surface area contributed by atoms with Gasteiger partial charge in [0.2, 0.25) is 23.6 Å². The lowest BCUT2D eigenvalue weighted by Crippen LogP contribution is -2.59. The Morgan fingerprint density at radius 3 is 1.16 bits per heavy atom. The first-order valence-electron chi connectivity index (χ1n) is 16.1. The third-order valence-corrected chi connectivity index (χ3v) is 7.94. The third-order valence-electron chi connectivity index (χ3n) is 7.94. The molecule has 0 unspecified atom stereocenters. The molecular weight excluding hydrogens is 638 g/mol. The predicted octanol–water partition coefficient (Wildman–Crippen LogP) is 1.65. The molecule has 0 aliphatic heterocycles. The van der Waals surface area contributed by atoms with Crippen molar-refractivity contribution in [1.82, 2.24) is 21.3 Å². The summed E-state index contributed by atoms with van der Waals surface area (Å²) in [4.78, 5) is 66.0. The van der Waals surface area contributed by atoms with Gasteiger partial charge in [0.1, 0.15) is 29.9 Å². The number of hydrogen-bond donors (Lipinski definition) is 7. The van der Waals surface area contributed by atoms with Crippen molar-refractivity contribution in [1.29, 1.82) is 0 Å². The molecule has 4 aromatic carbocycles. The first kappa shape index (κ1) is 36.8. The van der Waals surface area contributed by atoms with Gasteiger partial charge in [-0.25, -0.2) is 4.79 Å². The van der Waals surface area contributed by atoms with Gasteiger partial charge in [-0.15, -0.1) is 0 Å². The number of aliphatic carboxylic acids is 1. The van der Waals surface area contributed by atoms with Crippen LogP contribution in [0.3, 0.4) is 0 Å². The molecule has 8 N–H and O–H groups in total. The number of amides is 4. The zero-order valence-electron chi connectivity index (χ0n) is 27.3. The Morgan fingerprint density at radius 2 is 0.800 bits per heavy atom. The minimum atomic E-state index is -1.30. The number of carboxylic acid groups (broad SMARTS) is 1. The maximum atomic E-state index is 14.0. The Hall–Kier alpha value is -6.01. The number of nitrogens with one attached hydrogen (secondary N) is 4. The number of carboxylic acids is 1. The lowest BCUT2D eigenvalue weighted by atomic mass is 10.0. The van der Waals surface area contributed by atoms with Crippen molar-refractivity contribution in [3.63, 3.8) is 0 Å². The van der Waals surface area contributed by atoms with Gasteiger partial charge in [0.25, 0.3) is 0 Å². The van der Waals surface area contributed by atoms with E-state index < -0.39 is 53.8 Å². The summed E-state index contributed by atoms with van der Waals surface area (Å²) in [6, 6.07) is 28.0. The van der Waals surface area contributed by atoms with Crippen LogP contribution in [0.4, 0.5) is 0 Å². The molecule has 0 aromatic heterocycles. The number of phenolic OH excluding ortho intramolecular Hbond substituents is 1. The molecule has 0 spiro atoms. The minimum absolute atomic E-state index is 0.00464. The molecule has 0 fully saturated rings. The number of nitrogens with two attached hydrogens (primary N) is 1. The Balaban J connectivity index is 1.60. The summed E-state index contributed by atoms with van der Waals surface area (Å²) >= 11 is 0. The van der Waals surface area contributed by atoms with Crippen molar-refractivity contribution in [3.05, 3.63) is 138 Å². The highest BCUT2D eigenvalue weighted by Gasteiger charge is 2.32. The maximum Gasteiger partial charge on any atom is 0.326 e. The number of rotatable bonds is 17. The van der Waals surface area contributed by atoms with E-state index in [1.54, 1.807) is 91.0 Å². The minimum Gasteiger partial charge on any atom is -0.508 e. The van der Waals surface area contributed by atoms with Crippen molar-refractivity contribution < 1.29 is 34.2 Å². The van der Waals surface area contributed by atoms with Crippen molar-refractivity contribution in [3.8, 4) is 5.75 Å². The lowest BCUT2D eigenvalue weighted by molar-refractivity contribution is -0.142. The second kappa shape index (κ2) is 18.5. The van der Waals surface area contributed by atoms with E-state index in [0.717, 1.165) is 5.56 Å². The Labute approximate surface area is 290 Å². The van der Waals surface area contributed by atoms with E-state index in [4.69, 9.17) is 5.73 Å². The quantitative estimate of drug-likeness (QED) is 0.0874. The fourth-order valence-electron chi connectivity index (χ4n) is 5.32. The predicted molar refractivity (Wildman–Crippen MR) is 187 cm³/mol. The average Bonchev–Trinajstić information content (AvgIpc) is 3.12. The topological polar surface area (TPSA) is 200 Å². The average molecular weight is 680 g/mol. The van der Waals surface area contributed by atoms with Crippen molar-refractivity contribution in [2.45, 2.75) is 49.9 Å². The Kier molecular flexibility index (Phi) is 13.6. The molecule has 50 heavy (non-hydrogen) atoms. The van der Waals surface area contributed by atoms with Crippen LogP contribution in [-0.2, 0) is 49.7 Å². The number of carbonyl (C=O) groups excluding carboxylic acids is 4. The number of hydrogen-bond acceptors (Lipinski definition) is 7. The summed E-state index contributed by atoms with van der Waals surface area (Å²) in [7, 11) is 0. The van der Waals surface area contributed by atoms with Crippen LogP contribution in [0.1, 0.15) is 22.3 Å². The normalized spacial score (nSPS) is 13.1. The molecule has 0 aliphatic carbocycles. The molecule has 12 heteroatoms. The van der Waals surface area contributed by atoms with Gasteiger partial charge in [-0.1, -0.05) is 103 Å². The zero-order valence-corrected chi connectivity index (χ0v) is 27.3. The molecule has 4 aromatic rings. The highest BCUT2D eigenvalue weighted by Crippen LogP contribution is 2.13. The SMILES string of the molecule is NCC(=O)N[C@H](Cc1ccccc1)C(=O)N[C@H](Cc1ccccc1)C(=O)N[C@H](Cc1ccc(O)cc1)C(=O)N[C@H](Cc1ccccc1)C(=O)O. The summed E-state index contributed by atoms with van der Waals surface area (Å²) in [5, 5.41) is 30.4. The summed E-state index contributed by atoms with van der Waals surface area (Å²) in [5.74, 6) is -3.91. The standard InChI is InChI=1S/C38H41N5O7/c39-24-34(45)40-30(20-25-10-4-1-5-11-25)35(46)41-31(21-26-12-6-2-7-13-26)36(47)42-32(22-28-16-18-29(44)19-17-28)37(48)43-33(38(49)50)23-27-14-8-3-9-15-27/h1-19,30-33,44H,20-24,39H2,(H,40,45)(H,41,46)(H,42,47)(H,43,48)(H,49,50)/t30-,31-,32-,33-/m1/s1. The molecule has 4 atom stereocenters. The largest absolute Gasteiger partial charge is 0.508 e. The van der Waals surface area contributed by atoms with Gasteiger partial charge < -0.3 is 37.2 Å². The van der Waals surface area contributed by atoms with Crippen LogP contribution in [0.5, 0.6) is 5.75 Å². The van der Waals surface area contributed by atoms with Crippen molar-refractivity contribution >= 4 is 29.6 Å². The fraction of sp³-hybridized carbons (Fsp3) is 0.237. The first-order valence-corrected chi connectivity index (χ1v) is 16.1. The van der Waals surface area contributed by atoms with E-state index in [0.29, 0.717) is 16.7 Å². The van der Waals surface area contributed by atoms with Gasteiger partial charge in [-0.2, -0.15) is 0 Å². The van der Waals surface area contributed by atoms with E-state index in [1.165, 1.54) is 12.1 Å². The summed E-state index contributed by atoms with van der Waals surface area (Å²) in [6.45, 7) is -0.345. The van der Waals surface area contributed by atoms with Crippen LogP contribution in [-0.4, -0.2) is 70.5 Å². The molecule has 0 heterocycles. The van der Waals surface area contributed by atoms with Gasteiger partial charge in [0.05, 0.1) is 6.54 Å². The van der Waals surface area contributed by atoms with E-state index in [2.05, 4.69) is 21.3 Å². The second-order valence-electron chi connectivity index (χ2n) is 11.8. The van der Waals surface area contributed by atoms with E-state index in [9.17, 15) is 34.2 Å². The maximum absolute atomic E-state index is 14.0. The Bertz CT molecular complexity index is 1720. The highest BCUT2D eigenvalue weighted by atomic mass is 16.4. The number of aromatic hydroxyl groups is 1. The summed E-state index contributed by atoms with van der Waals surface area (Å²) in [5.41, 5.74) is 8.27. The van der Waals surface area contributed by atoms with Crippen LogP contribution < -0.4 is 27.0 Å². The van der Waals surface area contributed by atoms with E-state index in [-0.39, 0.29) is 38.0 Å². The lowest BCUT2D eigenvalue weighted by Gasteiger charge is -2.26. The summed E-state index contributed by atoms with van der Waals surface area (Å²) < 4.78 is 0. The van der Waals surface area contributed by atoms with Crippen LogP contribution in [0.25, 0.3) is 0 Å². The fourth-order valence-corrected chi connectivity index (χ4v) is 5.32. The molecule has 0 bridgehead atoms. The monoisotopic (exact) mass is 679 g/mol. The van der Waals surface area contributed by atoms with Crippen molar-refractivity contribution in [2.24, 2.45) is 5.73 Å². The zero-order chi connectivity index (χ0) is 35.9. The summed E-state index contributed by atoms with van der Waals surface area (Å²) in [6.07, 6.45) is 0.124. The third kappa shape index (κ3) is 11.6.